The summed E-state index contributed by atoms with van der Waals surface area (Å²) >= 11 is 7.11. The molecular weight excluding hydrogens is 446 g/mol. The number of imide groups is 1. The van der Waals surface area contributed by atoms with Gasteiger partial charge in [-0.05, 0) is 49.0 Å². The first kappa shape index (κ1) is 22.0. The predicted octanol–water partition coefficient (Wildman–Crippen LogP) is 6.56. The second-order valence-electron chi connectivity index (χ2n) is 6.84. The lowest BCUT2D eigenvalue weighted by molar-refractivity contribution is -0.113. The van der Waals surface area contributed by atoms with Gasteiger partial charge >= 0.3 is 0 Å². The summed E-state index contributed by atoms with van der Waals surface area (Å²) in [7, 11) is 0. The minimum absolute atomic E-state index is 0.285. The number of hydrogen-bond donors (Lipinski definition) is 0. The van der Waals surface area contributed by atoms with Gasteiger partial charge in [0, 0.05) is 16.1 Å². The Morgan fingerprint density at radius 3 is 2.38 bits per heavy atom. The molecule has 4 rings (SSSR count). The molecule has 1 saturated heterocycles. The predicted molar refractivity (Wildman–Crippen MR) is 128 cm³/mol. The van der Waals surface area contributed by atoms with Crippen LogP contribution in [0.5, 0.6) is 11.5 Å². The molecule has 32 heavy (non-hydrogen) atoms. The van der Waals surface area contributed by atoms with Crippen LogP contribution in [0, 0.1) is 0 Å². The number of carbonyl (C=O) groups is 2. The smallest absolute Gasteiger partial charge is 0.298 e. The van der Waals surface area contributed by atoms with Crippen molar-refractivity contribution in [2.45, 2.75) is 13.5 Å². The van der Waals surface area contributed by atoms with E-state index in [-0.39, 0.29) is 11.8 Å². The van der Waals surface area contributed by atoms with Crippen LogP contribution in [0.1, 0.15) is 18.1 Å². The van der Waals surface area contributed by atoms with Gasteiger partial charge in [-0.3, -0.25) is 9.59 Å². The zero-order chi connectivity index (χ0) is 22.5. The highest BCUT2D eigenvalue weighted by Crippen LogP contribution is 2.40. The molecule has 1 aliphatic heterocycles. The Hall–Kier alpha value is -3.22. The van der Waals surface area contributed by atoms with Crippen molar-refractivity contribution < 1.29 is 19.1 Å². The molecule has 2 amide bonds. The molecule has 1 fully saturated rings. The van der Waals surface area contributed by atoms with Crippen LogP contribution >= 0.6 is 23.4 Å². The lowest BCUT2D eigenvalue weighted by Crippen LogP contribution is -2.28. The maximum absolute atomic E-state index is 13.1. The summed E-state index contributed by atoms with van der Waals surface area (Å²) in [4.78, 5) is 27.3. The Balaban J connectivity index is 1.60. The molecule has 3 aromatic rings. The number of nitrogens with zero attached hydrogens (tertiary/aromatic N) is 1. The molecule has 0 aliphatic carbocycles. The topological polar surface area (TPSA) is 55.8 Å². The van der Waals surface area contributed by atoms with Crippen molar-refractivity contribution in [1.29, 1.82) is 0 Å². The van der Waals surface area contributed by atoms with Crippen LogP contribution in [0.2, 0.25) is 5.02 Å². The van der Waals surface area contributed by atoms with E-state index in [4.69, 9.17) is 21.1 Å². The monoisotopic (exact) mass is 465 g/mol. The molecule has 0 aromatic heterocycles. The van der Waals surface area contributed by atoms with E-state index in [9.17, 15) is 9.59 Å². The third-order valence-corrected chi connectivity index (χ3v) is 5.98. The van der Waals surface area contributed by atoms with Crippen LogP contribution < -0.4 is 14.4 Å². The number of amides is 2. The highest BCUT2D eigenvalue weighted by atomic mass is 35.5. The Labute approximate surface area is 195 Å². The van der Waals surface area contributed by atoms with Gasteiger partial charge in [-0.25, -0.2) is 4.90 Å². The van der Waals surface area contributed by atoms with Crippen molar-refractivity contribution in [2.75, 3.05) is 11.5 Å². The van der Waals surface area contributed by atoms with Gasteiger partial charge in [0.15, 0.2) is 0 Å². The number of thioether (sulfide) groups is 1. The number of rotatable bonds is 7. The molecule has 1 heterocycles. The van der Waals surface area contributed by atoms with Gasteiger partial charge in [0.1, 0.15) is 18.1 Å². The first-order valence-electron chi connectivity index (χ1n) is 10.0. The van der Waals surface area contributed by atoms with E-state index < -0.39 is 5.91 Å². The van der Waals surface area contributed by atoms with Crippen molar-refractivity contribution >= 4 is 46.3 Å². The maximum Gasteiger partial charge on any atom is 0.298 e. The molecule has 0 N–H and O–H groups in total. The van der Waals surface area contributed by atoms with E-state index in [1.807, 2.05) is 55.5 Å². The van der Waals surface area contributed by atoms with Crippen LogP contribution in [0.25, 0.3) is 6.08 Å². The van der Waals surface area contributed by atoms with E-state index >= 15 is 0 Å². The van der Waals surface area contributed by atoms with E-state index in [1.165, 1.54) is 0 Å². The normalized spacial score (nSPS) is 14.8. The van der Waals surface area contributed by atoms with Crippen LogP contribution in [-0.4, -0.2) is 17.8 Å². The fourth-order valence-electron chi connectivity index (χ4n) is 3.24. The van der Waals surface area contributed by atoms with Crippen LogP contribution in [0.15, 0.2) is 77.7 Å². The Bertz CT molecular complexity index is 1190. The van der Waals surface area contributed by atoms with Gasteiger partial charge in [-0.2, -0.15) is 0 Å². The minimum atomic E-state index is -0.395. The highest BCUT2D eigenvalue weighted by Gasteiger charge is 2.37. The van der Waals surface area contributed by atoms with Gasteiger partial charge in [-0.15, -0.1) is 0 Å². The van der Waals surface area contributed by atoms with E-state index in [2.05, 4.69) is 0 Å². The standard InChI is InChI=1S/C25H20ClNO4S/c1-2-30-22-14-8-6-12-20(22)27-24(28)23(32-25(27)29)15-17-9-4-7-13-21(17)31-16-18-10-3-5-11-19(18)26/h3-15H,2,16H2,1H3/b23-15-. The van der Waals surface area contributed by atoms with Gasteiger partial charge in [0.25, 0.3) is 11.1 Å². The highest BCUT2D eigenvalue weighted by molar-refractivity contribution is 8.19. The molecule has 0 atom stereocenters. The lowest BCUT2D eigenvalue weighted by atomic mass is 10.1. The zero-order valence-corrected chi connectivity index (χ0v) is 18.9. The van der Waals surface area contributed by atoms with Crippen LogP contribution in [-0.2, 0) is 11.4 Å². The molecule has 0 bridgehead atoms. The maximum atomic E-state index is 13.1. The summed E-state index contributed by atoms with van der Waals surface area (Å²) in [6.07, 6.45) is 1.68. The molecular formula is C25H20ClNO4S. The van der Waals surface area contributed by atoms with Gasteiger partial charge in [0.05, 0.1) is 17.2 Å². The number of hydrogen-bond acceptors (Lipinski definition) is 5. The molecule has 0 spiro atoms. The molecule has 0 saturated carbocycles. The van der Waals surface area contributed by atoms with Crippen molar-refractivity contribution in [3.05, 3.63) is 93.9 Å². The quantitative estimate of drug-likeness (QED) is 0.370. The summed E-state index contributed by atoms with van der Waals surface area (Å²) in [6.45, 7) is 2.57. The van der Waals surface area contributed by atoms with Crippen molar-refractivity contribution in [2.24, 2.45) is 0 Å². The van der Waals surface area contributed by atoms with E-state index in [1.54, 1.807) is 30.3 Å². The number of para-hydroxylation sites is 3. The molecule has 7 heteroatoms. The Morgan fingerprint density at radius 1 is 0.906 bits per heavy atom. The van der Waals surface area contributed by atoms with E-state index in [0.717, 1.165) is 22.2 Å². The summed E-state index contributed by atoms with van der Waals surface area (Å²) in [5, 5.41) is 0.252. The minimum Gasteiger partial charge on any atom is -0.492 e. The van der Waals surface area contributed by atoms with Crippen LogP contribution in [0.4, 0.5) is 10.5 Å². The number of benzene rings is 3. The Morgan fingerprint density at radius 2 is 1.59 bits per heavy atom. The molecule has 3 aromatic carbocycles. The van der Waals surface area contributed by atoms with Gasteiger partial charge in [-0.1, -0.05) is 60.1 Å². The van der Waals surface area contributed by atoms with E-state index in [0.29, 0.717) is 39.3 Å². The fourth-order valence-corrected chi connectivity index (χ4v) is 4.25. The van der Waals surface area contributed by atoms with Crippen molar-refractivity contribution in [1.82, 2.24) is 0 Å². The average Bonchev–Trinajstić information content (AvgIpc) is 3.07. The molecule has 0 unspecified atom stereocenters. The van der Waals surface area contributed by atoms with Gasteiger partial charge in [0.2, 0.25) is 0 Å². The number of anilines is 1. The largest absolute Gasteiger partial charge is 0.492 e. The summed E-state index contributed by atoms with van der Waals surface area (Å²) in [5.74, 6) is 0.684. The molecule has 0 radical (unpaired) electrons. The van der Waals surface area contributed by atoms with Gasteiger partial charge < -0.3 is 9.47 Å². The third kappa shape index (κ3) is 4.66. The summed E-state index contributed by atoms with van der Waals surface area (Å²) in [5.41, 5.74) is 1.99. The number of halogens is 1. The molecule has 1 aliphatic rings. The van der Waals surface area contributed by atoms with Crippen molar-refractivity contribution in [3.63, 3.8) is 0 Å². The second-order valence-corrected chi connectivity index (χ2v) is 8.24. The fraction of sp³-hybridized carbons (Fsp3) is 0.120. The second kappa shape index (κ2) is 9.94. The Kier molecular flexibility index (Phi) is 6.83. The number of ether oxygens (including phenoxy) is 2. The van der Waals surface area contributed by atoms with Crippen LogP contribution in [0.3, 0.4) is 0 Å². The number of carbonyl (C=O) groups excluding carboxylic acids is 2. The molecule has 5 nitrogen and oxygen atoms in total. The average molecular weight is 466 g/mol. The molecule has 162 valence electrons. The third-order valence-electron chi connectivity index (χ3n) is 4.75. The SMILES string of the molecule is CCOc1ccccc1N1C(=O)S/C(=C\c2ccccc2OCc2ccccc2Cl)C1=O. The first-order valence-corrected chi connectivity index (χ1v) is 11.2. The first-order chi connectivity index (χ1) is 15.6. The van der Waals surface area contributed by atoms with Crippen molar-refractivity contribution in [3.8, 4) is 11.5 Å². The lowest BCUT2D eigenvalue weighted by Gasteiger charge is -2.16. The summed E-state index contributed by atoms with van der Waals surface area (Å²) in [6, 6.07) is 21.8. The summed E-state index contributed by atoms with van der Waals surface area (Å²) < 4.78 is 11.6. The zero-order valence-electron chi connectivity index (χ0n) is 17.3.